The van der Waals surface area contributed by atoms with Gasteiger partial charge in [0, 0.05) is 49.8 Å². The fraction of sp³-hybridized carbons (Fsp3) is 0.185. The van der Waals surface area contributed by atoms with Crippen LogP contribution in [-0.2, 0) is 0 Å². The number of azo groups is 1. The number of hydrogen-bond donors (Lipinski definition) is 4. The molecule has 3 heterocycles. The van der Waals surface area contributed by atoms with E-state index in [0.29, 0.717) is 33.6 Å². The van der Waals surface area contributed by atoms with Crippen LogP contribution in [0.25, 0.3) is 5.70 Å². The number of carbonyl (C=O) groups excluding carboxylic acids is 3. The van der Waals surface area contributed by atoms with Gasteiger partial charge in [0.2, 0.25) is 0 Å². The van der Waals surface area contributed by atoms with Crippen LogP contribution in [0.1, 0.15) is 37.9 Å². The van der Waals surface area contributed by atoms with Crippen molar-refractivity contribution in [3.8, 4) is 0 Å². The average molecular weight is 509 g/mol. The van der Waals surface area contributed by atoms with Gasteiger partial charge in [0.05, 0.1) is 22.4 Å². The maximum Gasteiger partial charge on any atom is 0.337 e. The van der Waals surface area contributed by atoms with E-state index in [0.717, 1.165) is 37.4 Å². The summed E-state index contributed by atoms with van der Waals surface area (Å²) in [6.07, 6.45) is 2.93. The highest BCUT2D eigenvalue weighted by atomic mass is 16.2. The van der Waals surface area contributed by atoms with Gasteiger partial charge in [-0.1, -0.05) is 24.3 Å². The molecule has 1 aromatic heterocycles. The Labute approximate surface area is 218 Å². The minimum Gasteiger partial charge on any atom is -0.369 e. The molecule has 38 heavy (non-hydrogen) atoms. The lowest BCUT2D eigenvalue weighted by Gasteiger charge is -2.29. The molecule has 3 aliphatic rings. The van der Waals surface area contributed by atoms with Crippen molar-refractivity contribution in [3.05, 3.63) is 94.8 Å². The molecule has 2 aliphatic heterocycles. The summed E-state index contributed by atoms with van der Waals surface area (Å²) in [7, 11) is 0. The number of urea groups is 1. The van der Waals surface area contributed by atoms with Crippen LogP contribution < -0.4 is 26.4 Å². The van der Waals surface area contributed by atoms with Crippen LogP contribution in [-0.4, -0.2) is 48.9 Å². The Kier molecular flexibility index (Phi) is 6.10. The summed E-state index contributed by atoms with van der Waals surface area (Å²) in [5.74, 6) is -0.748. The number of aromatic nitrogens is 1. The van der Waals surface area contributed by atoms with Crippen LogP contribution in [0.4, 0.5) is 16.2 Å². The van der Waals surface area contributed by atoms with Crippen molar-refractivity contribution in [2.45, 2.75) is 6.04 Å². The predicted octanol–water partition coefficient (Wildman–Crippen LogP) is 3.07. The Morgan fingerprint density at radius 2 is 1.79 bits per heavy atom. The highest BCUT2D eigenvalue weighted by molar-refractivity contribution is 6.22. The monoisotopic (exact) mass is 508 g/mol. The normalized spacial score (nSPS) is 17.7. The van der Waals surface area contributed by atoms with Crippen molar-refractivity contribution in [2.75, 3.05) is 36.4 Å². The van der Waals surface area contributed by atoms with Gasteiger partial charge < -0.3 is 15.5 Å². The van der Waals surface area contributed by atoms with Crippen LogP contribution in [0.15, 0.2) is 82.8 Å². The molecule has 1 atom stereocenters. The Morgan fingerprint density at radius 1 is 0.974 bits per heavy atom. The number of carbonyl (C=O) groups is 3. The number of hydrazine groups is 1. The number of piperazine rings is 1. The van der Waals surface area contributed by atoms with Crippen molar-refractivity contribution in [1.29, 1.82) is 0 Å². The van der Waals surface area contributed by atoms with Crippen molar-refractivity contribution < 1.29 is 14.4 Å². The summed E-state index contributed by atoms with van der Waals surface area (Å²) in [5.41, 5.74) is 9.27. The van der Waals surface area contributed by atoms with E-state index >= 15 is 0 Å². The zero-order valence-electron chi connectivity index (χ0n) is 20.3. The third kappa shape index (κ3) is 4.28. The molecule has 0 spiro atoms. The zero-order chi connectivity index (χ0) is 26.1. The van der Waals surface area contributed by atoms with E-state index in [1.807, 2.05) is 30.3 Å². The maximum atomic E-state index is 13.6. The second-order valence-electron chi connectivity index (χ2n) is 9.04. The minimum absolute atomic E-state index is 0.230. The molecule has 1 aliphatic carbocycles. The van der Waals surface area contributed by atoms with E-state index in [9.17, 15) is 14.4 Å². The first-order chi connectivity index (χ1) is 18.6. The molecule has 0 bridgehead atoms. The van der Waals surface area contributed by atoms with Gasteiger partial charge in [-0.25, -0.2) is 10.2 Å². The Balaban J connectivity index is 1.20. The number of benzene rings is 2. The van der Waals surface area contributed by atoms with Gasteiger partial charge >= 0.3 is 6.03 Å². The highest BCUT2D eigenvalue weighted by Crippen LogP contribution is 2.49. The number of ketones is 1. The third-order valence-electron chi connectivity index (χ3n) is 6.75. The fourth-order valence-corrected chi connectivity index (χ4v) is 4.90. The number of rotatable bonds is 4. The summed E-state index contributed by atoms with van der Waals surface area (Å²) < 4.78 is 0. The Morgan fingerprint density at radius 3 is 2.55 bits per heavy atom. The van der Waals surface area contributed by atoms with Gasteiger partial charge in [0.15, 0.2) is 5.78 Å². The fourth-order valence-electron chi connectivity index (χ4n) is 4.90. The average Bonchev–Trinajstić information content (AvgIpc) is 3.53. The summed E-state index contributed by atoms with van der Waals surface area (Å²) in [4.78, 5) is 44.5. The second kappa shape index (κ2) is 9.87. The van der Waals surface area contributed by atoms with E-state index in [1.54, 1.807) is 30.5 Å². The van der Waals surface area contributed by atoms with Crippen molar-refractivity contribution in [1.82, 2.24) is 21.2 Å². The van der Waals surface area contributed by atoms with Crippen LogP contribution in [0.5, 0.6) is 0 Å². The molecule has 1 saturated heterocycles. The van der Waals surface area contributed by atoms with Crippen molar-refractivity contribution in [2.24, 2.45) is 10.2 Å². The van der Waals surface area contributed by atoms with E-state index in [4.69, 9.17) is 0 Å². The highest BCUT2D eigenvalue weighted by Gasteiger charge is 2.42. The minimum atomic E-state index is -0.695. The summed E-state index contributed by atoms with van der Waals surface area (Å²) in [6, 6.07) is 15.2. The van der Waals surface area contributed by atoms with Gasteiger partial charge in [0.25, 0.3) is 5.91 Å². The molecule has 0 radical (unpaired) electrons. The van der Waals surface area contributed by atoms with E-state index in [1.165, 1.54) is 6.20 Å². The number of anilines is 2. The van der Waals surface area contributed by atoms with Crippen LogP contribution in [0.3, 0.4) is 0 Å². The molecule has 1 fully saturated rings. The van der Waals surface area contributed by atoms with Crippen LogP contribution in [0.2, 0.25) is 0 Å². The first-order valence-electron chi connectivity index (χ1n) is 12.3. The summed E-state index contributed by atoms with van der Waals surface area (Å²) >= 11 is 0. The van der Waals surface area contributed by atoms with Gasteiger partial charge in [0.1, 0.15) is 11.7 Å². The van der Waals surface area contributed by atoms with Gasteiger partial charge in [-0.2, -0.15) is 10.2 Å². The summed E-state index contributed by atoms with van der Waals surface area (Å²) in [6.45, 7) is 3.79. The number of amides is 3. The molecule has 11 heteroatoms. The lowest BCUT2D eigenvalue weighted by molar-refractivity contribution is 0.0937. The largest absolute Gasteiger partial charge is 0.369 e. The van der Waals surface area contributed by atoms with Crippen molar-refractivity contribution in [3.63, 3.8) is 0 Å². The molecule has 1 unspecified atom stereocenters. The number of nitrogens with zero attached hydrogens (tertiary/aromatic N) is 4. The maximum absolute atomic E-state index is 13.6. The number of Topliss-reactive ketones (excluding diaryl/α,β-unsaturated/α-hetero) is 1. The smallest absolute Gasteiger partial charge is 0.337 e. The predicted molar refractivity (Wildman–Crippen MR) is 141 cm³/mol. The molecule has 4 N–H and O–H groups in total. The van der Waals surface area contributed by atoms with Gasteiger partial charge in [-0.3, -0.25) is 20.0 Å². The van der Waals surface area contributed by atoms with Crippen LogP contribution >= 0.6 is 0 Å². The Hall–Kier alpha value is -4.90. The molecule has 0 saturated carbocycles. The van der Waals surface area contributed by atoms with Gasteiger partial charge in [-0.15, -0.1) is 0 Å². The number of pyridine rings is 1. The topological polar surface area (TPSA) is 140 Å². The molecule has 190 valence electrons. The molecule has 6 rings (SSSR count). The van der Waals surface area contributed by atoms with Crippen LogP contribution in [0, 0.1) is 0 Å². The van der Waals surface area contributed by atoms with Crippen molar-refractivity contribution >= 4 is 34.8 Å². The standard InChI is InChI=1S/C27H24N8O3/c36-25-21-19(4-1-5-20(21)30-27(38)34-33-26(37)17-3-2-10-29-15-17)24-22(25)23(31-32-24)16-6-8-18(9-7-16)35-13-11-28-12-14-35/h1-10,15,24,28H,11-14H2,(H,33,37)(H2,30,34,38). The quantitative estimate of drug-likeness (QED) is 0.399. The lowest BCUT2D eigenvalue weighted by Crippen LogP contribution is -2.44. The third-order valence-corrected chi connectivity index (χ3v) is 6.75. The molecule has 11 nitrogen and oxygen atoms in total. The number of nitrogens with one attached hydrogen (secondary N) is 4. The lowest BCUT2D eigenvalue weighted by atomic mass is 10.0. The van der Waals surface area contributed by atoms with Gasteiger partial charge in [-0.05, 0) is 35.9 Å². The number of hydrogen-bond acceptors (Lipinski definition) is 8. The van der Waals surface area contributed by atoms with E-state index < -0.39 is 18.0 Å². The first-order valence-corrected chi connectivity index (χ1v) is 12.3. The van der Waals surface area contributed by atoms with E-state index in [2.05, 4.69) is 41.6 Å². The van der Waals surface area contributed by atoms with E-state index in [-0.39, 0.29) is 5.78 Å². The molecular weight excluding hydrogens is 484 g/mol. The first kappa shape index (κ1) is 23.5. The molecule has 2 aromatic carbocycles. The molecule has 3 amide bonds. The zero-order valence-corrected chi connectivity index (χ0v) is 20.3. The molecule has 3 aromatic rings. The summed E-state index contributed by atoms with van der Waals surface area (Å²) in [5, 5.41) is 14.8. The second-order valence-corrected chi connectivity index (χ2v) is 9.04. The Bertz CT molecular complexity index is 1480. The molecular formula is C27H24N8O3. The number of fused-ring (bicyclic) bond motifs is 3. The SMILES string of the molecule is O=C(NNC(=O)c1cccnc1)Nc1cccc2c1C(=O)C1=C(c3ccc(N4CCNCC4)cc3)N=NC12.